The summed E-state index contributed by atoms with van der Waals surface area (Å²) < 4.78 is 37.3. The molecule has 0 aromatic heterocycles. The molecule has 1 aliphatic heterocycles. The Balaban J connectivity index is 1.91. The number of carbonyl (C=O) groups excluding carboxylic acids is 2. The third kappa shape index (κ3) is 4.77. The first-order chi connectivity index (χ1) is 14.4. The highest BCUT2D eigenvalue weighted by molar-refractivity contribution is 7.92. The molecule has 1 aromatic carbocycles. The molecule has 1 N–H and O–H groups in total. The number of carbonyl (C=O) groups is 2. The number of nitrogens with one attached hydrogen (secondary N) is 1. The maximum Gasteiger partial charge on any atom is 0.411 e. The normalized spacial score (nSPS) is 22.4. The van der Waals surface area contributed by atoms with E-state index in [2.05, 4.69) is 11.4 Å². The number of methoxy groups -OCH3 is 1. The highest BCUT2D eigenvalue weighted by Crippen LogP contribution is 2.37. The number of hydrogen-bond donors (Lipinski definition) is 1. The van der Waals surface area contributed by atoms with Crippen molar-refractivity contribution >= 4 is 21.8 Å². The van der Waals surface area contributed by atoms with Gasteiger partial charge in [0.25, 0.3) is 0 Å². The van der Waals surface area contributed by atoms with E-state index in [1.54, 1.807) is 39.0 Å². The first kappa shape index (κ1) is 22.9. The van der Waals surface area contributed by atoms with E-state index in [0.717, 1.165) is 4.90 Å². The second-order valence-corrected chi connectivity index (χ2v) is 11.1. The Bertz CT molecular complexity index is 1020. The number of likely N-dealkylation sites (tertiary alicyclic amines) is 1. The number of para-hydroxylation sites is 1. The van der Waals surface area contributed by atoms with Gasteiger partial charge in [0, 0.05) is 6.54 Å². The molecule has 2 unspecified atom stereocenters. The fraction of sp³-hybridized carbons (Fsp3) is 0.571. The maximum atomic E-state index is 13.3. The van der Waals surface area contributed by atoms with Gasteiger partial charge in [0.2, 0.25) is 5.91 Å². The summed E-state index contributed by atoms with van der Waals surface area (Å²) in [4.78, 5) is 26.9. The average Bonchev–Trinajstić information content (AvgIpc) is 3.31. The van der Waals surface area contributed by atoms with Gasteiger partial charge in [-0.05, 0) is 52.2 Å². The van der Waals surface area contributed by atoms with Crippen molar-refractivity contribution in [2.75, 3.05) is 13.7 Å². The molecule has 2 fully saturated rings. The van der Waals surface area contributed by atoms with Gasteiger partial charge in [-0.25, -0.2) is 13.2 Å². The van der Waals surface area contributed by atoms with Crippen LogP contribution in [0.15, 0.2) is 29.2 Å². The predicted octanol–water partition coefficient (Wildman–Crippen LogP) is 2.02. The second-order valence-electron chi connectivity index (χ2n) is 8.89. The van der Waals surface area contributed by atoms with E-state index in [1.807, 2.05) is 0 Å². The van der Waals surface area contributed by atoms with Gasteiger partial charge < -0.3 is 14.8 Å². The Morgan fingerprint density at radius 2 is 1.90 bits per heavy atom. The van der Waals surface area contributed by atoms with Gasteiger partial charge in [-0.3, -0.25) is 9.69 Å². The maximum absolute atomic E-state index is 13.3. The first-order valence-corrected chi connectivity index (χ1v) is 11.6. The Labute approximate surface area is 182 Å². The van der Waals surface area contributed by atoms with Crippen LogP contribution in [0.3, 0.4) is 0 Å². The highest BCUT2D eigenvalue weighted by Gasteiger charge is 2.51. The molecule has 2 aliphatic rings. The highest BCUT2D eigenvalue weighted by atomic mass is 32.2. The molecule has 1 aromatic rings. The minimum atomic E-state index is -3.91. The van der Waals surface area contributed by atoms with Crippen molar-refractivity contribution in [1.82, 2.24) is 10.2 Å². The molecule has 31 heavy (non-hydrogen) atoms. The van der Waals surface area contributed by atoms with Gasteiger partial charge in [0.05, 0.1) is 18.4 Å². The zero-order valence-corrected chi connectivity index (χ0v) is 18.9. The molecule has 1 heterocycles. The molecule has 1 saturated carbocycles. The number of rotatable bonds is 5. The lowest BCUT2D eigenvalue weighted by Gasteiger charge is -2.28. The number of ether oxygens (including phenoxy) is 2. The van der Waals surface area contributed by atoms with Crippen LogP contribution in [0.1, 0.15) is 40.0 Å². The van der Waals surface area contributed by atoms with Crippen LogP contribution in [0.2, 0.25) is 0 Å². The van der Waals surface area contributed by atoms with E-state index >= 15 is 0 Å². The van der Waals surface area contributed by atoms with E-state index in [0.29, 0.717) is 12.8 Å². The molecule has 2 atom stereocenters. The van der Waals surface area contributed by atoms with E-state index in [-0.39, 0.29) is 23.6 Å². The third-order valence-electron chi connectivity index (χ3n) is 5.33. The lowest BCUT2D eigenvalue weighted by Crippen LogP contribution is -2.50. The van der Waals surface area contributed by atoms with Crippen LogP contribution in [-0.4, -0.2) is 61.4 Å². The third-order valence-corrected chi connectivity index (χ3v) is 7.50. The summed E-state index contributed by atoms with van der Waals surface area (Å²) >= 11 is 0. The van der Waals surface area contributed by atoms with Crippen LogP contribution in [-0.2, 0) is 19.4 Å². The van der Waals surface area contributed by atoms with Crippen molar-refractivity contribution < 1.29 is 27.5 Å². The number of nitriles is 1. The summed E-state index contributed by atoms with van der Waals surface area (Å²) in [6.45, 7) is 4.86. The standard InChI is InChI=1S/C21H27N3O6S/c1-20(2,3)30-19(26)24-12-14(11-15(24)18(25)23-21(13-22)9-10-21)31(27,28)17-8-6-5-7-16(17)29-4/h5-8,14-15H,9-12H2,1-4H3,(H,23,25). The van der Waals surface area contributed by atoms with Gasteiger partial charge in [0.15, 0.2) is 9.84 Å². The Kier molecular flexibility index (Phi) is 5.93. The summed E-state index contributed by atoms with van der Waals surface area (Å²) in [5.41, 5.74) is -1.75. The van der Waals surface area contributed by atoms with Crippen LogP contribution in [0.5, 0.6) is 5.75 Å². The molecule has 168 valence electrons. The SMILES string of the molecule is COc1ccccc1S(=O)(=O)C1CC(C(=O)NC2(C#N)CC2)N(C(=O)OC(C)(C)C)C1. The monoisotopic (exact) mass is 449 g/mol. The molecule has 1 saturated heterocycles. The topological polar surface area (TPSA) is 126 Å². The molecule has 0 radical (unpaired) electrons. The fourth-order valence-electron chi connectivity index (χ4n) is 3.54. The summed E-state index contributed by atoms with van der Waals surface area (Å²) in [5, 5.41) is 10.9. The fourth-order valence-corrected chi connectivity index (χ4v) is 5.39. The molecule has 3 rings (SSSR count). The average molecular weight is 450 g/mol. The Morgan fingerprint density at radius 3 is 2.45 bits per heavy atom. The van der Waals surface area contributed by atoms with Gasteiger partial charge >= 0.3 is 6.09 Å². The van der Waals surface area contributed by atoms with Crippen molar-refractivity contribution in [3.05, 3.63) is 24.3 Å². The summed E-state index contributed by atoms with van der Waals surface area (Å²) in [7, 11) is -2.53. The van der Waals surface area contributed by atoms with Gasteiger partial charge in [-0.15, -0.1) is 0 Å². The van der Waals surface area contributed by atoms with Crippen molar-refractivity contribution in [1.29, 1.82) is 5.26 Å². The van der Waals surface area contributed by atoms with E-state index in [1.165, 1.54) is 13.2 Å². The van der Waals surface area contributed by atoms with Gasteiger partial charge in [0.1, 0.15) is 27.8 Å². The van der Waals surface area contributed by atoms with Crippen LogP contribution >= 0.6 is 0 Å². The number of sulfone groups is 1. The summed E-state index contributed by atoms with van der Waals surface area (Å²) in [6.07, 6.45) is 0.175. The zero-order valence-electron chi connectivity index (χ0n) is 18.0. The van der Waals surface area contributed by atoms with Crippen LogP contribution < -0.4 is 10.1 Å². The molecule has 1 aliphatic carbocycles. The van der Waals surface area contributed by atoms with Gasteiger partial charge in [-0.1, -0.05) is 12.1 Å². The summed E-state index contributed by atoms with van der Waals surface area (Å²) in [5.74, 6) is -0.358. The molecule has 10 heteroatoms. The predicted molar refractivity (Wildman–Crippen MR) is 111 cm³/mol. The molecule has 0 spiro atoms. The number of amides is 2. The van der Waals surface area contributed by atoms with Crippen LogP contribution in [0.4, 0.5) is 4.79 Å². The van der Waals surface area contributed by atoms with Crippen LogP contribution in [0.25, 0.3) is 0 Å². The first-order valence-electron chi connectivity index (χ1n) is 10.0. The van der Waals surface area contributed by atoms with E-state index in [4.69, 9.17) is 9.47 Å². The van der Waals surface area contributed by atoms with Crippen LogP contribution in [0, 0.1) is 11.3 Å². The largest absolute Gasteiger partial charge is 0.495 e. The van der Waals surface area contributed by atoms with Crippen molar-refractivity contribution in [3.63, 3.8) is 0 Å². The smallest absolute Gasteiger partial charge is 0.411 e. The molecular formula is C21H27N3O6S. The van der Waals surface area contributed by atoms with Crippen molar-refractivity contribution in [2.24, 2.45) is 0 Å². The molecular weight excluding hydrogens is 422 g/mol. The Hall–Kier alpha value is -2.80. The zero-order chi connectivity index (χ0) is 23.0. The van der Waals surface area contributed by atoms with Crippen molar-refractivity contribution in [2.45, 2.75) is 67.4 Å². The van der Waals surface area contributed by atoms with Crippen molar-refractivity contribution in [3.8, 4) is 11.8 Å². The number of benzene rings is 1. The quantitative estimate of drug-likeness (QED) is 0.729. The lowest BCUT2D eigenvalue weighted by molar-refractivity contribution is -0.126. The summed E-state index contributed by atoms with van der Waals surface area (Å²) in [6, 6.07) is 7.24. The molecule has 2 amide bonds. The van der Waals surface area contributed by atoms with E-state index in [9.17, 15) is 23.3 Å². The number of hydrogen-bond acceptors (Lipinski definition) is 7. The number of nitrogens with zero attached hydrogens (tertiary/aromatic N) is 2. The molecule has 9 nitrogen and oxygen atoms in total. The second kappa shape index (κ2) is 8.04. The van der Waals surface area contributed by atoms with Gasteiger partial charge in [-0.2, -0.15) is 5.26 Å². The Morgan fingerprint density at radius 1 is 1.26 bits per heavy atom. The van der Waals surface area contributed by atoms with E-state index < -0.39 is 44.3 Å². The molecule has 0 bridgehead atoms. The minimum absolute atomic E-state index is 0.00313. The minimum Gasteiger partial charge on any atom is -0.495 e. The lowest BCUT2D eigenvalue weighted by atomic mass is 10.2.